The van der Waals surface area contributed by atoms with E-state index in [-0.39, 0.29) is 35.4 Å². The Morgan fingerprint density at radius 2 is 1.36 bits per heavy atom. The number of aliphatic hydroxyl groups is 1. The highest BCUT2D eigenvalue weighted by Gasteiger charge is 2.61. The first-order valence-electron chi connectivity index (χ1n) is 20.5. The molecule has 4 heterocycles. The van der Waals surface area contributed by atoms with Crippen molar-refractivity contribution in [3.63, 3.8) is 0 Å². The standard InChI is InChI=1S/C48H47F5N4O4/c1-30-22-36-35(20-21-39-42(36)60-48(59,54-39)47(31-14-8-5-9-15-31,32-16-10-6-11-17-32)33-18-12-7-13-19-33)41(57(30)29-46(51,52)53)40-37(49)23-34(24-38(40)50)55-25-45(26-55)27-56(28-45)43(58)61-44(2,3)4/h5-19,22-24,41,54,59H,20-21,25-29H2,1-4H3. The average molecular weight is 839 g/mol. The van der Waals surface area contributed by atoms with E-state index >= 15 is 8.78 Å². The maximum absolute atomic E-state index is 16.7. The number of nitrogens with one attached hydrogen (secondary N) is 1. The predicted molar refractivity (Wildman–Crippen MR) is 220 cm³/mol. The lowest BCUT2D eigenvalue weighted by Gasteiger charge is -2.60. The smallest absolute Gasteiger partial charge is 0.410 e. The van der Waals surface area contributed by atoms with Crippen LogP contribution in [0.2, 0.25) is 0 Å². The molecule has 8 nitrogen and oxygen atoms in total. The van der Waals surface area contributed by atoms with Crippen LogP contribution in [0.1, 0.15) is 68.8 Å². The molecule has 2 unspecified atom stereocenters. The molecule has 1 aliphatic carbocycles. The molecule has 2 atom stereocenters. The Bertz CT molecular complexity index is 2330. The molecular weight excluding hydrogens is 792 g/mol. The van der Waals surface area contributed by atoms with Gasteiger partial charge in [-0.2, -0.15) is 13.2 Å². The van der Waals surface area contributed by atoms with Crippen molar-refractivity contribution >= 4 is 11.8 Å². The van der Waals surface area contributed by atoms with Gasteiger partial charge in [0, 0.05) is 48.6 Å². The van der Waals surface area contributed by atoms with Crippen LogP contribution < -0.4 is 10.2 Å². The van der Waals surface area contributed by atoms with Gasteiger partial charge in [-0.3, -0.25) is 0 Å². The van der Waals surface area contributed by atoms with Gasteiger partial charge in [-0.05, 0) is 81.0 Å². The van der Waals surface area contributed by atoms with Gasteiger partial charge in [0.15, 0.2) is 5.76 Å². The molecular formula is C48H47F5N4O4. The van der Waals surface area contributed by atoms with Crippen LogP contribution in [0.15, 0.2) is 138 Å². The molecule has 0 radical (unpaired) electrons. The summed E-state index contributed by atoms with van der Waals surface area (Å²) in [6.45, 7) is 7.21. The molecule has 2 fully saturated rings. The quantitative estimate of drug-likeness (QED) is 0.142. The van der Waals surface area contributed by atoms with E-state index in [1.54, 1.807) is 31.7 Å². The van der Waals surface area contributed by atoms with Crippen LogP contribution >= 0.6 is 0 Å². The molecule has 9 rings (SSSR count). The topological polar surface area (TPSA) is 77.5 Å². The van der Waals surface area contributed by atoms with Gasteiger partial charge in [0.1, 0.15) is 29.2 Å². The summed E-state index contributed by atoms with van der Waals surface area (Å²) in [5, 5.41) is 16.5. The van der Waals surface area contributed by atoms with Crippen LogP contribution in [-0.2, 0) is 14.9 Å². The van der Waals surface area contributed by atoms with E-state index in [1.165, 1.54) is 19.1 Å². The molecule has 61 heavy (non-hydrogen) atoms. The Kier molecular flexibility index (Phi) is 9.57. The first kappa shape index (κ1) is 40.6. The fourth-order valence-corrected chi connectivity index (χ4v) is 10.00. The largest absolute Gasteiger partial charge is 0.444 e. The fraction of sp³-hybridized carbons (Fsp3) is 0.354. The predicted octanol–water partition coefficient (Wildman–Crippen LogP) is 9.45. The Morgan fingerprint density at radius 1 is 0.836 bits per heavy atom. The Labute approximate surface area is 351 Å². The summed E-state index contributed by atoms with van der Waals surface area (Å²) in [5.41, 5.74) is 0.967. The molecule has 4 aliphatic heterocycles. The number of rotatable bonds is 7. The number of likely N-dealkylation sites (tertiary alicyclic amines) is 1. The molecule has 318 valence electrons. The Morgan fingerprint density at radius 3 is 1.85 bits per heavy atom. The zero-order chi connectivity index (χ0) is 43.1. The third-order valence-corrected chi connectivity index (χ3v) is 12.5. The van der Waals surface area contributed by atoms with Crippen LogP contribution in [0.3, 0.4) is 0 Å². The highest BCUT2D eigenvalue weighted by molar-refractivity contribution is 5.70. The lowest BCUT2D eigenvalue weighted by atomic mass is 9.66. The van der Waals surface area contributed by atoms with Gasteiger partial charge in [0.05, 0.1) is 17.3 Å². The van der Waals surface area contributed by atoms with Gasteiger partial charge in [0.25, 0.3) is 0 Å². The van der Waals surface area contributed by atoms with E-state index in [9.17, 15) is 23.1 Å². The maximum Gasteiger partial charge on any atom is 0.410 e. The van der Waals surface area contributed by atoms with E-state index in [1.807, 2.05) is 95.9 Å². The minimum absolute atomic E-state index is 0.126. The van der Waals surface area contributed by atoms with Crippen LogP contribution in [0.25, 0.3) is 0 Å². The van der Waals surface area contributed by atoms with E-state index < -0.39 is 59.0 Å². The van der Waals surface area contributed by atoms with E-state index in [2.05, 4.69) is 5.32 Å². The number of fused-ring (bicyclic) bond motifs is 1. The molecule has 1 amide bonds. The van der Waals surface area contributed by atoms with Gasteiger partial charge < -0.3 is 34.6 Å². The fourth-order valence-electron chi connectivity index (χ4n) is 10.00. The SMILES string of the molecule is CC1=CC2=C(CCC3=C2OC(O)(C(c2ccccc2)(c2ccccc2)c2ccccc2)N3)C(c2c(F)cc(N3CC4(CN(C(=O)OC(C)(C)C)C4)C3)cc2F)N1CC(F)(F)F. The lowest BCUT2D eigenvalue weighted by molar-refractivity contribution is -0.206. The molecule has 5 aliphatic rings. The third-order valence-electron chi connectivity index (χ3n) is 12.5. The second kappa shape index (κ2) is 14.4. The molecule has 0 aromatic heterocycles. The van der Waals surface area contributed by atoms with Crippen molar-refractivity contribution < 1.29 is 41.3 Å². The van der Waals surface area contributed by atoms with Crippen molar-refractivity contribution in [1.82, 2.24) is 15.1 Å². The number of benzene rings is 4. The van der Waals surface area contributed by atoms with Crippen molar-refractivity contribution in [2.24, 2.45) is 5.41 Å². The minimum atomic E-state index is -4.70. The van der Waals surface area contributed by atoms with Gasteiger partial charge >= 0.3 is 18.2 Å². The Balaban J connectivity index is 1.08. The first-order valence-corrected chi connectivity index (χ1v) is 20.5. The number of amides is 1. The Hall–Kier alpha value is -5.82. The monoisotopic (exact) mass is 838 g/mol. The number of carbonyl (C=O) groups is 1. The second-order valence-electron chi connectivity index (χ2n) is 17.9. The summed E-state index contributed by atoms with van der Waals surface area (Å²) >= 11 is 0. The number of carbonyl (C=O) groups excluding carboxylic acids is 1. The van der Waals surface area contributed by atoms with Crippen molar-refractivity contribution in [3.05, 3.63) is 171 Å². The van der Waals surface area contributed by atoms with Gasteiger partial charge in [-0.25, -0.2) is 13.6 Å². The maximum atomic E-state index is 16.7. The number of ether oxygens (including phenoxy) is 2. The highest BCUT2D eigenvalue weighted by Crippen LogP contribution is 2.55. The summed E-state index contributed by atoms with van der Waals surface area (Å²) < 4.78 is 88.7. The van der Waals surface area contributed by atoms with Gasteiger partial charge in [-0.15, -0.1) is 0 Å². The molecule has 0 bridgehead atoms. The number of hydrogen-bond acceptors (Lipinski definition) is 7. The minimum Gasteiger partial charge on any atom is -0.444 e. The molecule has 4 aromatic rings. The number of nitrogens with zero attached hydrogens (tertiary/aromatic N) is 3. The number of anilines is 1. The molecule has 1 spiro atoms. The molecule has 0 saturated carbocycles. The van der Waals surface area contributed by atoms with Crippen LogP contribution in [0.4, 0.5) is 32.4 Å². The zero-order valence-electron chi connectivity index (χ0n) is 34.3. The van der Waals surface area contributed by atoms with Crippen molar-refractivity contribution in [2.75, 3.05) is 37.6 Å². The van der Waals surface area contributed by atoms with E-state index in [0.717, 1.165) is 4.90 Å². The molecule has 2 N–H and O–H groups in total. The molecule has 13 heteroatoms. The first-order chi connectivity index (χ1) is 28.9. The molecule has 2 saturated heterocycles. The summed E-state index contributed by atoms with van der Waals surface area (Å²) in [4.78, 5) is 16.9. The highest BCUT2D eigenvalue weighted by atomic mass is 19.4. The molecule has 4 aromatic carbocycles. The number of halogens is 5. The summed E-state index contributed by atoms with van der Waals surface area (Å²) in [6.07, 6.45) is -3.25. The third kappa shape index (κ3) is 6.90. The lowest BCUT2D eigenvalue weighted by Crippen LogP contribution is -2.73. The average Bonchev–Trinajstić information content (AvgIpc) is 3.53. The van der Waals surface area contributed by atoms with E-state index in [0.29, 0.717) is 59.7 Å². The number of allylic oxidation sites excluding steroid dienone is 3. The summed E-state index contributed by atoms with van der Waals surface area (Å²) in [5.74, 6) is -3.92. The number of hydrogen-bond donors (Lipinski definition) is 2. The second-order valence-corrected chi connectivity index (χ2v) is 17.9. The van der Waals surface area contributed by atoms with Gasteiger partial charge in [-0.1, -0.05) is 91.0 Å². The van der Waals surface area contributed by atoms with Crippen LogP contribution in [-0.4, -0.2) is 71.4 Å². The van der Waals surface area contributed by atoms with E-state index in [4.69, 9.17) is 9.47 Å². The van der Waals surface area contributed by atoms with Crippen molar-refractivity contribution in [1.29, 1.82) is 0 Å². The van der Waals surface area contributed by atoms with Gasteiger partial charge in [0.2, 0.25) is 0 Å². The zero-order valence-corrected chi connectivity index (χ0v) is 34.3. The van der Waals surface area contributed by atoms with Crippen LogP contribution in [0, 0.1) is 17.0 Å². The normalized spacial score (nSPS) is 22.2. The summed E-state index contributed by atoms with van der Waals surface area (Å²) in [7, 11) is 0. The van der Waals surface area contributed by atoms with Crippen molar-refractivity contribution in [2.45, 2.75) is 69.7 Å². The summed E-state index contributed by atoms with van der Waals surface area (Å²) in [6, 6.07) is 29.2. The number of alkyl halides is 3. The van der Waals surface area contributed by atoms with Crippen LogP contribution in [0.5, 0.6) is 0 Å². The van der Waals surface area contributed by atoms with Crippen molar-refractivity contribution in [3.8, 4) is 0 Å².